The third kappa shape index (κ3) is 3.45. The molecule has 2 rings (SSSR count). The number of ether oxygens (including phenoxy) is 2. The van der Waals surface area contributed by atoms with E-state index >= 15 is 0 Å². The molecule has 2 heterocycles. The van der Waals surface area contributed by atoms with E-state index in [1.54, 1.807) is 18.6 Å². The van der Waals surface area contributed by atoms with E-state index in [9.17, 15) is 4.79 Å². The second kappa shape index (κ2) is 5.71. The van der Waals surface area contributed by atoms with Crippen LogP contribution in [0.5, 0.6) is 11.5 Å². The number of aryl methyl sites for hydroxylation is 1. The quantitative estimate of drug-likeness (QED) is 0.911. The van der Waals surface area contributed by atoms with Gasteiger partial charge in [0.1, 0.15) is 23.0 Å². The summed E-state index contributed by atoms with van der Waals surface area (Å²) in [7, 11) is 1.59. The number of rotatable bonds is 5. The fraction of sp³-hybridized carbons (Fsp3) is 0.231. The van der Waals surface area contributed by atoms with Crippen LogP contribution in [0.3, 0.4) is 0 Å². The van der Waals surface area contributed by atoms with E-state index < -0.39 is 5.97 Å². The molecule has 0 aliphatic heterocycles. The van der Waals surface area contributed by atoms with Gasteiger partial charge in [-0.2, -0.15) is 0 Å². The number of nitrogens with zero attached hydrogens (tertiary/aromatic N) is 1. The van der Waals surface area contributed by atoms with E-state index in [1.807, 2.05) is 13.0 Å². The number of pyridine rings is 1. The van der Waals surface area contributed by atoms with Crippen LogP contribution in [-0.2, 0) is 6.61 Å². The molecule has 0 fully saturated rings. The highest BCUT2D eigenvalue weighted by atomic mass is 32.1. The smallest absolute Gasteiger partial charge is 0.346 e. The maximum atomic E-state index is 10.7. The van der Waals surface area contributed by atoms with E-state index in [1.165, 1.54) is 6.07 Å². The summed E-state index contributed by atoms with van der Waals surface area (Å²) in [6, 6.07) is 5.12. The van der Waals surface area contributed by atoms with E-state index in [4.69, 9.17) is 14.6 Å². The summed E-state index contributed by atoms with van der Waals surface area (Å²) < 4.78 is 10.7. The molecule has 0 radical (unpaired) electrons. The molecule has 0 unspecified atom stereocenters. The lowest BCUT2D eigenvalue weighted by atomic mass is 10.3. The second-order valence-corrected chi connectivity index (χ2v) is 4.79. The van der Waals surface area contributed by atoms with E-state index in [2.05, 4.69) is 4.98 Å². The molecule has 100 valence electrons. The monoisotopic (exact) mass is 279 g/mol. The lowest BCUT2D eigenvalue weighted by molar-refractivity contribution is 0.0702. The highest BCUT2D eigenvalue weighted by Gasteiger charge is 2.08. The van der Waals surface area contributed by atoms with Gasteiger partial charge in [0.25, 0.3) is 0 Å². The number of hydrogen-bond donors (Lipinski definition) is 1. The topological polar surface area (TPSA) is 68.7 Å². The Bertz CT molecular complexity index is 594. The standard InChI is InChI=1S/C13H13NO4S/c1-8-3-10(17-2)4-9(14-8)6-18-11-5-12(13(15)16)19-7-11/h3-5,7H,6H2,1-2H3,(H,15,16). The molecule has 0 amide bonds. The van der Waals surface area contributed by atoms with Crippen molar-refractivity contribution in [1.29, 1.82) is 0 Å². The second-order valence-electron chi connectivity index (χ2n) is 3.88. The van der Waals surface area contributed by atoms with Crippen molar-refractivity contribution in [3.05, 3.63) is 39.8 Å². The molecule has 0 aliphatic carbocycles. The van der Waals surface area contributed by atoms with Crippen LogP contribution < -0.4 is 9.47 Å². The summed E-state index contributed by atoms with van der Waals surface area (Å²) in [4.78, 5) is 15.3. The summed E-state index contributed by atoms with van der Waals surface area (Å²) in [6.45, 7) is 2.15. The van der Waals surface area contributed by atoms with Gasteiger partial charge in [-0.05, 0) is 6.92 Å². The minimum Gasteiger partial charge on any atom is -0.497 e. The first-order valence-corrected chi connectivity index (χ1v) is 6.42. The highest BCUT2D eigenvalue weighted by molar-refractivity contribution is 7.12. The number of carbonyl (C=O) groups is 1. The molecule has 0 aromatic carbocycles. The summed E-state index contributed by atoms with van der Waals surface area (Å²) in [5.41, 5.74) is 1.58. The number of carboxylic acids is 1. The van der Waals surface area contributed by atoms with Crippen LogP contribution in [0.15, 0.2) is 23.6 Å². The van der Waals surface area contributed by atoms with Gasteiger partial charge >= 0.3 is 5.97 Å². The summed E-state index contributed by atoms with van der Waals surface area (Å²) >= 11 is 1.13. The van der Waals surface area contributed by atoms with Gasteiger partial charge in [0.05, 0.1) is 12.8 Å². The van der Waals surface area contributed by atoms with Crippen molar-refractivity contribution >= 4 is 17.3 Å². The van der Waals surface area contributed by atoms with Gasteiger partial charge in [-0.1, -0.05) is 0 Å². The van der Waals surface area contributed by atoms with Crippen molar-refractivity contribution in [2.75, 3.05) is 7.11 Å². The predicted octanol–water partition coefficient (Wildman–Crippen LogP) is 2.74. The number of carboxylic acid groups (broad SMARTS) is 1. The average Bonchev–Trinajstić information content (AvgIpc) is 2.84. The van der Waals surface area contributed by atoms with Gasteiger partial charge in [-0.3, -0.25) is 4.98 Å². The van der Waals surface area contributed by atoms with Crippen LogP contribution in [0.4, 0.5) is 0 Å². The minimum atomic E-state index is -0.949. The Morgan fingerprint density at radius 2 is 2.16 bits per heavy atom. The molecular formula is C13H13NO4S. The fourth-order valence-corrected chi connectivity index (χ4v) is 2.22. The molecule has 2 aromatic heterocycles. The molecule has 19 heavy (non-hydrogen) atoms. The Hall–Kier alpha value is -2.08. The van der Waals surface area contributed by atoms with Crippen LogP contribution >= 0.6 is 11.3 Å². The van der Waals surface area contributed by atoms with E-state index in [-0.39, 0.29) is 11.5 Å². The van der Waals surface area contributed by atoms with Gasteiger partial charge in [0.2, 0.25) is 0 Å². The predicted molar refractivity (Wildman–Crippen MR) is 71.1 cm³/mol. The molecule has 5 nitrogen and oxygen atoms in total. The Balaban J connectivity index is 2.05. The van der Waals surface area contributed by atoms with E-state index in [0.29, 0.717) is 5.75 Å². The van der Waals surface area contributed by atoms with Crippen molar-refractivity contribution < 1.29 is 19.4 Å². The SMILES string of the molecule is COc1cc(C)nc(COc2csc(C(=O)O)c2)c1. The lowest BCUT2D eigenvalue weighted by Crippen LogP contribution is -2.00. The Morgan fingerprint density at radius 3 is 2.79 bits per heavy atom. The van der Waals surface area contributed by atoms with Crippen molar-refractivity contribution in [2.45, 2.75) is 13.5 Å². The first kappa shape index (κ1) is 13.4. The Morgan fingerprint density at radius 1 is 1.37 bits per heavy atom. The molecule has 2 aromatic rings. The van der Waals surface area contributed by atoms with Crippen LogP contribution in [0.25, 0.3) is 0 Å². The van der Waals surface area contributed by atoms with Gasteiger partial charge in [0, 0.05) is 29.3 Å². The van der Waals surface area contributed by atoms with E-state index in [0.717, 1.165) is 28.5 Å². The van der Waals surface area contributed by atoms with Gasteiger partial charge < -0.3 is 14.6 Å². The molecular weight excluding hydrogens is 266 g/mol. The maximum Gasteiger partial charge on any atom is 0.346 e. The zero-order valence-electron chi connectivity index (χ0n) is 10.5. The van der Waals surface area contributed by atoms with Gasteiger partial charge in [0.15, 0.2) is 0 Å². The lowest BCUT2D eigenvalue weighted by Gasteiger charge is -2.06. The zero-order chi connectivity index (χ0) is 13.8. The van der Waals surface area contributed by atoms with Crippen molar-refractivity contribution in [2.24, 2.45) is 0 Å². The average molecular weight is 279 g/mol. The number of methoxy groups -OCH3 is 1. The van der Waals surface area contributed by atoms with Crippen LogP contribution in [-0.4, -0.2) is 23.2 Å². The Labute approximate surface area is 114 Å². The molecule has 0 spiro atoms. The number of hydrogen-bond acceptors (Lipinski definition) is 5. The summed E-state index contributed by atoms with van der Waals surface area (Å²) in [6.07, 6.45) is 0. The van der Waals surface area contributed by atoms with Crippen molar-refractivity contribution in [1.82, 2.24) is 4.98 Å². The van der Waals surface area contributed by atoms with Gasteiger partial charge in [-0.15, -0.1) is 11.3 Å². The number of aromatic carboxylic acids is 1. The number of thiophene rings is 1. The summed E-state index contributed by atoms with van der Waals surface area (Å²) in [5, 5.41) is 10.5. The minimum absolute atomic E-state index is 0.254. The molecule has 0 atom stereocenters. The summed E-state index contributed by atoms with van der Waals surface area (Å²) in [5.74, 6) is 0.308. The molecule has 1 N–H and O–H groups in total. The molecule has 0 aliphatic rings. The largest absolute Gasteiger partial charge is 0.497 e. The number of aromatic nitrogens is 1. The van der Waals surface area contributed by atoms with Gasteiger partial charge in [-0.25, -0.2) is 4.79 Å². The van der Waals surface area contributed by atoms with Crippen LogP contribution in [0, 0.1) is 6.92 Å². The first-order chi connectivity index (χ1) is 9.08. The Kier molecular flexibility index (Phi) is 4.01. The maximum absolute atomic E-state index is 10.7. The van der Waals surface area contributed by atoms with Crippen molar-refractivity contribution in [3.8, 4) is 11.5 Å². The highest BCUT2D eigenvalue weighted by Crippen LogP contribution is 2.23. The molecule has 0 saturated heterocycles. The first-order valence-electron chi connectivity index (χ1n) is 5.54. The third-order valence-electron chi connectivity index (χ3n) is 2.39. The van der Waals surface area contributed by atoms with Crippen LogP contribution in [0.1, 0.15) is 21.1 Å². The normalized spacial score (nSPS) is 10.2. The fourth-order valence-electron chi connectivity index (χ4n) is 1.56. The zero-order valence-corrected chi connectivity index (χ0v) is 11.4. The molecule has 0 bridgehead atoms. The van der Waals surface area contributed by atoms with Crippen LogP contribution in [0.2, 0.25) is 0 Å². The molecule has 0 saturated carbocycles. The molecule has 6 heteroatoms. The van der Waals surface area contributed by atoms with Crippen molar-refractivity contribution in [3.63, 3.8) is 0 Å². The third-order valence-corrected chi connectivity index (χ3v) is 3.29.